The Balaban J connectivity index is 1.47. The second-order valence-corrected chi connectivity index (χ2v) is 9.10. The predicted octanol–water partition coefficient (Wildman–Crippen LogP) is 2.84. The highest BCUT2D eigenvalue weighted by molar-refractivity contribution is 5.86. The number of nitrogens with one attached hydrogen (secondary N) is 1. The molecule has 1 aromatic carbocycles. The van der Waals surface area contributed by atoms with E-state index >= 15 is 0 Å². The Hall–Kier alpha value is -2.28. The molecular formula is C23H33N3O4. The summed E-state index contributed by atoms with van der Waals surface area (Å²) in [7, 11) is 1.54. The number of amides is 2. The van der Waals surface area contributed by atoms with Gasteiger partial charge in [0.15, 0.2) is 0 Å². The van der Waals surface area contributed by atoms with Crippen LogP contribution in [0.5, 0.6) is 5.75 Å². The van der Waals surface area contributed by atoms with Crippen molar-refractivity contribution in [3.63, 3.8) is 0 Å². The number of likely N-dealkylation sites (tertiary alicyclic amines) is 1. The first kappa shape index (κ1) is 21.0. The van der Waals surface area contributed by atoms with Crippen molar-refractivity contribution in [2.75, 3.05) is 31.6 Å². The van der Waals surface area contributed by atoms with Crippen LogP contribution in [0.1, 0.15) is 50.5 Å². The van der Waals surface area contributed by atoms with E-state index < -0.39 is 6.09 Å². The van der Waals surface area contributed by atoms with Crippen molar-refractivity contribution in [3.05, 3.63) is 23.8 Å². The maximum Gasteiger partial charge on any atom is 0.412 e. The minimum Gasteiger partial charge on any atom is -0.410 e. The van der Waals surface area contributed by atoms with E-state index in [2.05, 4.69) is 15.1 Å². The summed E-state index contributed by atoms with van der Waals surface area (Å²) in [6.07, 6.45) is 5.62. The minimum atomic E-state index is -0.481. The summed E-state index contributed by atoms with van der Waals surface area (Å²) in [6, 6.07) is 5.97. The fraction of sp³-hybridized carbons (Fsp3) is 0.652. The fourth-order valence-electron chi connectivity index (χ4n) is 5.49. The Morgan fingerprint density at radius 1 is 1.20 bits per heavy atom. The molecule has 0 radical (unpaired) electrons. The Kier molecular flexibility index (Phi) is 5.91. The topological polar surface area (TPSA) is 82.1 Å². The molecular weight excluding hydrogens is 382 g/mol. The van der Waals surface area contributed by atoms with E-state index in [9.17, 15) is 14.7 Å². The normalized spacial score (nSPS) is 29.4. The lowest BCUT2D eigenvalue weighted by Crippen LogP contribution is -2.50. The highest BCUT2D eigenvalue weighted by atomic mass is 16.5. The zero-order chi connectivity index (χ0) is 21.3. The SMILES string of the molecule is CNC(=O)Oc1ccc(N2CCCC3(CCN(C4CCC(O)CC4)C3=O)C2)c(C)c1. The summed E-state index contributed by atoms with van der Waals surface area (Å²) in [5, 5.41) is 12.3. The molecule has 1 atom stereocenters. The third-order valence-corrected chi connectivity index (χ3v) is 7.15. The Morgan fingerprint density at radius 3 is 2.67 bits per heavy atom. The first-order chi connectivity index (χ1) is 14.4. The molecule has 1 unspecified atom stereocenters. The quantitative estimate of drug-likeness (QED) is 0.793. The van der Waals surface area contributed by atoms with Gasteiger partial charge in [-0.05, 0) is 75.6 Å². The molecule has 2 heterocycles. The highest BCUT2D eigenvalue weighted by Gasteiger charge is 2.50. The van der Waals surface area contributed by atoms with E-state index in [1.165, 1.54) is 7.05 Å². The summed E-state index contributed by atoms with van der Waals surface area (Å²) in [5.74, 6) is 0.829. The van der Waals surface area contributed by atoms with Gasteiger partial charge < -0.3 is 25.0 Å². The Bertz CT molecular complexity index is 806. The van der Waals surface area contributed by atoms with E-state index in [4.69, 9.17) is 4.74 Å². The molecule has 2 N–H and O–H groups in total. The average molecular weight is 416 g/mol. The third-order valence-electron chi connectivity index (χ3n) is 7.15. The van der Waals surface area contributed by atoms with Crippen LogP contribution in [0.4, 0.5) is 10.5 Å². The number of aryl methyl sites for hydroxylation is 1. The number of nitrogens with zero attached hydrogens (tertiary/aromatic N) is 2. The molecule has 1 aliphatic carbocycles. The van der Waals surface area contributed by atoms with Gasteiger partial charge in [0.25, 0.3) is 0 Å². The number of aliphatic hydroxyl groups is 1. The first-order valence-electron chi connectivity index (χ1n) is 11.2. The number of rotatable bonds is 3. The molecule has 2 saturated heterocycles. The molecule has 30 heavy (non-hydrogen) atoms. The molecule has 7 nitrogen and oxygen atoms in total. The maximum atomic E-state index is 13.5. The average Bonchev–Trinajstić information content (AvgIpc) is 3.04. The van der Waals surface area contributed by atoms with Gasteiger partial charge in [0, 0.05) is 38.4 Å². The van der Waals surface area contributed by atoms with E-state index in [1.807, 2.05) is 25.1 Å². The highest BCUT2D eigenvalue weighted by Crippen LogP contribution is 2.44. The maximum absolute atomic E-state index is 13.5. The lowest BCUT2D eigenvalue weighted by atomic mass is 9.78. The second kappa shape index (κ2) is 8.46. The van der Waals surface area contributed by atoms with Crippen molar-refractivity contribution < 1.29 is 19.4 Å². The van der Waals surface area contributed by atoms with Crippen LogP contribution in [-0.4, -0.2) is 60.8 Å². The number of carbonyl (C=O) groups is 2. The van der Waals surface area contributed by atoms with E-state index in [0.29, 0.717) is 17.7 Å². The van der Waals surface area contributed by atoms with Crippen molar-refractivity contribution in [2.45, 2.75) is 64.0 Å². The van der Waals surface area contributed by atoms with Gasteiger partial charge in [-0.1, -0.05) is 0 Å². The smallest absolute Gasteiger partial charge is 0.410 e. The number of benzene rings is 1. The van der Waals surface area contributed by atoms with Crippen LogP contribution < -0.4 is 15.0 Å². The predicted molar refractivity (Wildman–Crippen MR) is 115 cm³/mol. The molecule has 0 aromatic heterocycles. The van der Waals surface area contributed by atoms with Gasteiger partial charge in [-0.2, -0.15) is 0 Å². The number of hydrogen-bond acceptors (Lipinski definition) is 5. The van der Waals surface area contributed by atoms with Crippen molar-refractivity contribution in [3.8, 4) is 5.75 Å². The molecule has 1 aromatic rings. The number of ether oxygens (including phenoxy) is 1. The lowest BCUT2D eigenvalue weighted by molar-refractivity contribution is -0.139. The molecule has 164 valence electrons. The molecule has 3 aliphatic rings. The van der Waals surface area contributed by atoms with Crippen LogP contribution >= 0.6 is 0 Å². The number of piperidine rings is 1. The Morgan fingerprint density at radius 2 is 1.97 bits per heavy atom. The van der Waals surface area contributed by atoms with E-state index in [0.717, 1.165) is 75.8 Å². The minimum absolute atomic E-state index is 0.198. The molecule has 3 fully saturated rings. The molecule has 2 amide bonds. The first-order valence-corrected chi connectivity index (χ1v) is 11.2. The van der Waals surface area contributed by atoms with Gasteiger partial charge in [-0.25, -0.2) is 4.79 Å². The van der Waals surface area contributed by atoms with Gasteiger partial charge in [0.1, 0.15) is 5.75 Å². The summed E-state index contributed by atoms with van der Waals surface area (Å²) >= 11 is 0. The standard InChI is InChI=1S/C23H33N3O4/c1-16-14-19(30-22(29)24-2)8-9-20(16)25-12-3-10-23(15-25)11-13-26(21(23)28)17-4-6-18(27)7-5-17/h8-9,14,17-18,27H,3-7,10-13,15H2,1-2H3,(H,24,29). The van der Waals surface area contributed by atoms with Crippen LogP contribution in [0.25, 0.3) is 0 Å². The van der Waals surface area contributed by atoms with Crippen LogP contribution in [0, 0.1) is 12.3 Å². The third kappa shape index (κ3) is 4.00. The lowest BCUT2D eigenvalue weighted by Gasteiger charge is -2.42. The van der Waals surface area contributed by atoms with Crippen LogP contribution in [-0.2, 0) is 4.79 Å². The van der Waals surface area contributed by atoms with Crippen molar-refractivity contribution in [1.82, 2.24) is 10.2 Å². The summed E-state index contributed by atoms with van der Waals surface area (Å²) < 4.78 is 5.24. The largest absolute Gasteiger partial charge is 0.412 e. The molecule has 0 bridgehead atoms. The van der Waals surface area contributed by atoms with Crippen molar-refractivity contribution in [1.29, 1.82) is 0 Å². The van der Waals surface area contributed by atoms with Gasteiger partial charge in [0.05, 0.1) is 11.5 Å². The van der Waals surface area contributed by atoms with Gasteiger partial charge >= 0.3 is 6.09 Å². The molecule has 4 rings (SSSR count). The second-order valence-electron chi connectivity index (χ2n) is 9.10. The monoisotopic (exact) mass is 415 g/mol. The number of anilines is 1. The van der Waals surface area contributed by atoms with Crippen molar-refractivity contribution in [2.24, 2.45) is 5.41 Å². The number of carbonyl (C=O) groups excluding carboxylic acids is 2. The van der Waals surface area contributed by atoms with Crippen LogP contribution in [0.15, 0.2) is 18.2 Å². The number of hydrogen-bond donors (Lipinski definition) is 2. The number of aliphatic hydroxyl groups excluding tert-OH is 1. The molecule has 1 saturated carbocycles. The summed E-state index contributed by atoms with van der Waals surface area (Å²) in [5.41, 5.74) is 1.85. The van der Waals surface area contributed by atoms with E-state index in [1.54, 1.807) is 0 Å². The van der Waals surface area contributed by atoms with Crippen molar-refractivity contribution >= 4 is 17.7 Å². The molecule has 2 aliphatic heterocycles. The summed E-state index contributed by atoms with van der Waals surface area (Å²) in [4.78, 5) is 29.4. The van der Waals surface area contributed by atoms with Gasteiger partial charge in [-0.15, -0.1) is 0 Å². The fourth-order valence-corrected chi connectivity index (χ4v) is 5.49. The van der Waals surface area contributed by atoms with Gasteiger partial charge in [0.2, 0.25) is 5.91 Å². The van der Waals surface area contributed by atoms with E-state index in [-0.39, 0.29) is 11.5 Å². The molecule has 7 heteroatoms. The van der Waals surface area contributed by atoms with Crippen LogP contribution in [0.2, 0.25) is 0 Å². The van der Waals surface area contributed by atoms with Crippen LogP contribution in [0.3, 0.4) is 0 Å². The zero-order valence-electron chi connectivity index (χ0n) is 18.0. The molecule has 1 spiro atoms. The Labute approximate surface area is 178 Å². The zero-order valence-corrected chi connectivity index (χ0v) is 18.0. The van der Waals surface area contributed by atoms with Gasteiger partial charge in [-0.3, -0.25) is 4.79 Å². The summed E-state index contributed by atoms with van der Waals surface area (Å²) in [6.45, 7) is 4.53.